The number of nitrogens with one attached hydrogen (secondary N) is 1. The summed E-state index contributed by atoms with van der Waals surface area (Å²) < 4.78 is 0. The second-order valence-electron chi connectivity index (χ2n) is 5.17. The van der Waals surface area contributed by atoms with E-state index in [1.165, 1.54) is 4.90 Å². The molecule has 0 unspecified atom stereocenters. The molecule has 2 rings (SSSR count). The molecule has 1 heterocycles. The van der Waals surface area contributed by atoms with Crippen LogP contribution >= 0.6 is 11.8 Å². The Morgan fingerprint density at radius 3 is 2.56 bits per heavy atom. The number of thioether (sulfide) groups is 1. The van der Waals surface area contributed by atoms with E-state index in [0.29, 0.717) is 0 Å². The summed E-state index contributed by atoms with van der Waals surface area (Å²) in [4.78, 5) is 15.7. The maximum atomic E-state index is 12.5. The Morgan fingerprint density at radius 1 is 1.33 bits per heavy atom. The lowest BCUT2D eigenvalue weighted by molar-refractivity contribution is 0.0477. The van der Waals surface area contributed by atoms with E-state index in [1.54, 1.807) is 11.8 Å². The molecular weight excluding hydrogens is 244 g/mol. The summed E-state index contributed by atoms with van der Waals surface area (Å²) in [7, 11) is 0. The minimum absolute atomic E-state index is 0.118. The van der Waals surface area contributed by atoms with E-state index in [0.717, 1.165) is 25.2 Å². The van der Waals surface area contributed by atoms with Crippen LogP contribution in [-0.2, 0) is 0 Å². The van der Waals surface area contributed by atoms with E-state index in [4.69, 9.17) is 0 Å². The monoisotopic (exact) mass is 264 g/mol. The molecule has 98 valence electrons. The average molecular weight is 264 g/mol. The quantitative estimate of drug-likeness (QED) is 0.831. The molecule has 0 radical (unpaired) electrons. The molecule has 1 aromatic rings. The third-order valence-corrected chi connectivity index (χ3v) is 4.13. The van der Waals surface area contributed by atoms with Gasteiger partial charge in [-0.05, 0) is 44.4 Å². The molecule has 1 aliphatic heterocycles. The van der Waals surface area contributed by atoms with Crippen LogP contribution in [0.15, 0.2) is 29.2 Å². The van der Waals surface area contributed by atoms with Crippen molar-refractivity contribution in [3.8, 4) is 0 Å². The van der Waals surface area contributed by atoms with Crippen molar-refractivity contribution in [3.05, 3.63) is 29.8 Å². The van der Waals surface area contributed by atoms with Crippen molar-refractivity contribution in [3.63, 3.8) is 0 Å². The first-order chi connectivity index (χ1) is 8.54. The van der Waals surface area contributed by atoms with Gasteiger partial charge in [-0.15, -0.1) is 11.8 Å². The van der Waals surface area contributed by atoms with Crippen LogP contribution in [0.25, 0.3) is 0 Å². The predicted molar refractivity (Wildman–Crippen MR) is 76.2 cm³/mol. The lowest BCUT2D eigenvalue weighted by Gasteiger charge is -2.42. The Balaban J connectivity index is 2.19. The third-order valence-electron chi connectivity index (χ3n) is 3.38. The van der Waals surface area contributed by atoms with E-state index >= 15 is 0 Å². The van der Waals surface area contributed by atoms with Gasteiger partial charge in [0, 0.05) is 30.1 Å². The summed E-state index contributed by atoms with van der Waals surface area (Å²) >= 11 is 1.69. The van der Waals surface area contributed by atoms with E-state index in [9.17, 15) is 4.79 Å². The highest BCUT2D eigenvalue weighted by Crippen LogP contribution is 2.21. The van der Waals surface area contributed by atoms with Crippen molar-refractivity contribution in [2.45, 2.75) is 24.3 Å². The Morgan fingerprint density at radius 2 is 2.00 bits per heavy atom. The van der Waals surface area contributed by atoms with Crippen molar-refractivity contribution in [2.24, 2.45) is 0 Å². The molecule has 0 spiro atoms. The van der Waals surface area contributed by atoms with Crippen LogP contribution in [0, 0.1) is 0 Å². The van der Waals surface area contributed by atoms with E-state index in [-0.39, 0.29) is 11.4 Å². The van der Waals surface area contributed by atoms with Gasteiger partial charge in [0.2, 0.25) is 0 Å². The van der Waals surface area contributed by atoms with Crippen LogP contribution in [-0.4, -0.2) is 42.2 Å². The number of benzene rings is 1. The summed E-state index contributed by atoms with van der Waals surface area (Å²) in [5, 5.41) is 3.33. The first kappa shape index (κ1) is 13.4. The molecule has 0 aromatic heterocycles. The number of rotatable bonds is 2. The van der Waals surface area contributed by atoms with Crippen LogP contribution in [0.1, 0.15) is 24.2 Å². The van der Waals surface area contributed by atoms with Gasteiger partial charge in [-0.2, -0.15) is 0 Å². The largest absolute Gasteiger partial charge is 0.331 e. The highest BCUT2D eigenvalue weighted by molar-refractivity contribution is 7.98. The van der Waals surface area contributed by atoms with Crippen LogP contribution in [0.5, 0.6) is 0 Å². The van der Waals surface area contributed by atoms with Crippen LogP contribution < -0.4 is 5.32 Å². The zero-order valence-electron chi connectivity index (χ0n) is 11.2. The van der Waals surface area contributed by atoms with Crippen LogP contribution in [0.3, 0.4) is 0 Å². The number of piperazine rings is 1. The summed E-state index contributed by atoms with van der Waals surface area (Å²) in [6, 6.07) is 7.86. The van der Waals surface area contributed by atoms with Gasteiger partial charge in [0.15, 0.2) is 0 Å². The molecule has 1 fully saturated rings. The zero-order chi connectivity index (χ0) is 13.2. The highest BCUT2D eigenvalue weighted by Gasteiger charge is 2.33. The molecule has 18 heavy (non-hydrogen) atoms. The predicted octanol–water partition coefficient (Wildman–Crippen LogP) is 2.23. The molecule has 0 bridgehead atoms. The molecule has 0 saturated carbocycles. The van der Waals surface area contributed by atoms with Gasteiger partial charge in [0.25, 0.3) is 5.91 Å². The minimum Gasteiger partial charge on any atom is -0.331 e. The zero-order valence-corrected chi connectivity index (χ0v) is 12.0. The topological polar surface area (TPSA) is 32.3 Å². The fraction of sp³-hybridized carbons (Fsp3) is 0.500. The van der Waals surface area contributed by atoms with Crippen molar-refractivity contribution in [1.82, 2.24) is 10.2 Å². The number of amides is 1. The van der Waals surface area contributed by atoms with Crippen molar-refractivity contribution in [1.29, 1.82) is 0 Å². The van der Waals surface area contributed by atoms with Crippen LogP contribution in [0.4, 0.5) is 0 Å². The van der Waals surface area contributed by atoms with E-state index < -0.39 is 0 Å². The van der Waals surface area contributed by atoms with Gasteiger partial charge in [-0.25, -0.2) is 0 Å². The fourth-order valence-electron chi connectivity index (χ4n) is 2.25. The summed E-state index contributed by atoms with van der Waals surface area (Å²) in [6.07, 6.45) is 2.04. The van der Waals surface area contributed by atoms with Crippen LogP contribution in [0.2, 0.25) is 0 Å². The Labute approximate surface area is 113 Å². The van der Waals surface area contributed by atoms with Gasteiger partial charge < -0.3 is 10.2 Å². The smallest absolute Gasteiger partial charge is 0.254 e. The summed E-state index contributed by atoms with van der Waals surface area (Å²) in [5.41, 5.74) is 0.663. The molecule has 0 atom stereocenters. The van der Waals surface area contributed by atoms with Gasteiger partial charge in [-0.1, -0.05) is 0 Å². The van der Waals surface area contributed by atoms with Crippen molar-refractivity contribution < 1.29 is 4.79 Å². The van der Waals surface area contributed by atoms with Gasteiger partial charge >= 0.3 is 0 Å². The molecule has 1 saturated heterocycles. The van der Waals surface area contributed by atoms with Gasteiger partial charge in [0.1, 0.15) is 0 Å². The average Bonchev–Trinajstić information content (AvgIpc) is 2.37. The number of carbonyl (C=O) groups is 1. The molecule has 4 heteroatoms. The molecule has 1 N–H and O–H groups in total. The second kappa shape index (κ2) is 5.33. The van der Waals surface area contributed by atoms with Gasteiger partial charge in [0.05, 0.1) is 5.54 Å². The number of nitrogens with zero attached hydrogens (tertiary/aromatic N) is 1. The Hall–Kier alpha value is -1.00. The second-order valence-corrected chi connectivity index (χ2v) is 6.05. The van der Waals surface area contributed by atoms with E-state index in [1.807, 2.05) is 35.4 Å². The van der Waals surface area contributed by atoms with Crippen molar-refractivity contribution in [2.75, 3.05) is 25.9 Å². The van der Waals surface area contributed by atoms with Crippen molar-refractivity contribution >= 4 is 17.7 Å². The third kappa shape index (κ3) is 2.70. The number of hydrogen-bond donors (Lipinski definition) is 1. The minimum atomic E-state index is -0.118. The first-order valence-electron chi connectivity index (χ1n) is 6.21. The summed E-state index contributed by atoms with van der Waals surface area (Å²) in [6.45, 7) is 6.70. The molecular formula is C14H20N2OS. The van der Waals surface area contributed by atoms with Gasteiger partial charge in [-0.3, -0.25) is 4.79 Å². The lowest BCUT2D eigenvalue weighted by Crippen LogP contribution is -2.59. The Bertz CT molecular complexity index is 428. The lowest BCUT2D eigenvalue weighted by atomic mass is 9.99. The molecule has 1 aliphatic rings. The normalized spacial score (nSPS) is 18.7. The fourth-order valence-corrected chi connectivity index (χ4v) is 2.66. The SMILES string of the molecule is CSc1ccc(C(=O)N2CCNCC2(C)C)cc1. The highest BCUT2D eigenvalue weighted by atomic mass is 32.2. The maximum Gasteiger partial charge on any atom is 0.254 e. The number of carbonyl (C=O) groups excluding carboxylic acids is 1. The Kier molecular flexibility index (Phi) is 3.97. The first-order valence-corrected chi connectivity index (χ1v) is 7.44. The maximum absolute atomic E-state index is 12.5. The molecule has 3 nitrogen and oxygen atoms in total. The molecule has 1 amide bonds. The number of hydrogen-bond acceptors (Lipinski definition) is 3. The standard InChI is InChI=1S/C14H20N2OS/c1-14(2)10-15-8-9-16(14)13(17)11-4-6-12(18-3)7-5-11/h4-7,15H,8-10H2,1-3H3. The van der Waals surface area contributed by atoms with E-state index in [2.05, 4.69) is 19.2 Å². The molecule has 1 aromatic carbocycles. The summed E-state index contributed by atoms with van der Waals surface area (Å²) in [5.74, 6) is 0.133. The molecule has 0 aliphatic carbocycles.